The minimum absolute atomic E-state index is 0.0597. The van der Waals surface area contributed by atoms with E-state index in [4.69, 9.17) is 0 Å². The third kappa shape index (κ3) is 5.18. The molecule has 1 atom stereocenters. The lowest BCUT2D eigenvalue weighted by molar-refractivity contribution is -0.182. The van der Waals surface area contributed by atoms with E-state index in [0.717, 1.165) is 25.5 Å². The van der Waals surface area contributed by atoms with Gasteiger partial charge in [0.25, 0.3) is 0 Å². The Balaban J connectivity index is 1.51. The van der Waals surface area contributed by atoms with E-state index in [1.54, 1.807) is 12.1 Å². The van der Waals surface area contributed by atoms with Crippen molar-refractivity contribution >= 4 is 43.8 Å². The lowest BCUT2D eigenvalue weighted by Crippen LogP contribution is -2.35. The van der Waals surface area contributed by atoms with Crippen LogP contribution < -0.4 is 10.6 Å². The Bertz CT molecular complexity index is 1990. The number of rotatable bonds is 7. The molecule has 0 spiro atoms. The number of benzene rings is 2. The molecule has 9 nitrogen and oxygen atoms in total. The number of nitriles is 2. The van der Waals surface area contributed by atoms with Crippen LogP contribution >= 0.6 is 11.3 Å². The molecule has 44 heavy (non-hydrogen) atoms. The molecule has 224 valence electrons. The zero-order valence-electron chi connectivity index (χ0n) is 24.4. The van der Waals surface area contributed by atoms with Crippen molar-refractivity contribution < 1.29 is 13.2 Å². The maximum absolute atomic E-state index is 14.0. The Kier molecular flexibility index (Phi) is 6.97. The Morgan fingerprint density at radius 1 is 1.11 bits per heavy atom. The van der Waals surface area contributed by atoms with Gasteiger partial charge in [-0.25, -0.2) is 9.67 Å². The number of fused-ring (bicyclic) bond motifs is 2. The standard InChI is InChI=1S/C31H28F3N9S/c1-17-39-23-7-5-6-21(28(23)44-17)27(24-15-43(42-41-24)30(8-9-30)31(32,33)34)40-20-10-18(12-35)25-22(11-20)26(19(13-36)14-37-25)38-16-29(2,3)4/h5-7,10-11,14-15,27,40H,8-9,16H2,1-4H3,(H,37,38). The molecule has 5 aromatic rings. The number of thiazole rings is 1. The van der Waals surface area contributed by atoms with Gasteiger partial charge in [0.15, 0.2) is 5.54 Å². The summed E-state index contributed by atoms with van der Waals surface area (Å²) in [5.41, 5.74) is 1.72. The summed E-state index contributed by atoms with van der Waals surface area (Å²) in [7, 11) is 0. The number of nitrogens with zero attached hydrogens (tertiary/aromatic N) is 7. The third-order valence-electron chi connectivity index (χ3n) is 7.68. The summed E-state index contributed by atoms with van der Waals surface area (Å²) >= 11 is 1.47. The van der Waals surface area contributed by atoms with Crippen molar-refractivity contribution in [3.05, 3.63) is 70.1 Å². The quantitative estimate of drug-likeness (QED) is 0.197. The Hall–Kier alpha value is -4.75. The molecule has 3 heterocycles. The second-order valence-corrected chi connectivity index (χ2v) is 13.4. The van der Waals surface area contributed by atoms with Gasteiger partial charge in [-0.3, -0.25) is 4.98 Å². The van der Waals surface area contributed by atoms with Gasteiger partial charge >= 0.3 is 6.18 Å². The average molecular weight is 616 g/mol. The fourth-order valence-corrected chi connectivity index (χ4v) is 6.23. The monoisotopic (exact) mass is 615 g/mol. The first-order valence-corrected chi connectivity index (χ1v) is 14.8. The molecule has 1 aliphatic rings. The van der Waals surface area contributed by atoms with Crippen molar-refractivity contribution in [3.8, 4) is 12.1 Å². The molecule has 1 aliphatic carbocycles. The van der Waals surface area contributed by atoms with E-state index in [1.165, 1.54) is 23.7 Å². The summed E-state index contributed by atoms with van der Waals surface area (Å²) in [6.07, 6.45) is -1.78. The van der Waals surface area contributed by atoms with Crippen molar-refractivity contribution in [2.24, 2.45) is 5.41 Å². The minimum Gasteiger partial charge on any atom is -0.383 e. The van der Waals surface area contributed by atoms with Crippen LogP contribution in [0.2, 0.25) is 0 Å². The lowest BCUT2D eigenvalue weighted by Gasteiger charge is -2.22. The molecule has 2 aromatic carbocycles. The fraction of sp³-hybridized carbons (Fsp3) is 0.355. The van der Waals surface area contributed by atoms with E-state index in [9.17, 15) is 23.7 Å². The molecule has 0 amide bonds. The van der Waals surface area contributed by atoms with Gasteiger partial charge in [-0.1, -0.05) is 38.1 Å². The van der Waals surface area contributed by atoms with Crippen LogP contribution in [0.1, 0.15) is 67.0 Å². The highest BCUT2D eigenvalue weighted by molar-refractivity contribution is 7.18. The number of pyridine rings is 1. The molecule has 6 rings (SSSR count). The molecule has 2 N–H and O–H groups in total. The molecular formula is C31H28F3N9S. The Morgan fingerprint density at radius 2 is 1.86 bits per heavy atom. The van der Waals surface area contributed by atoms with E-state index in [1.807, 2.05) is 25.1 Å². The van der Waals surface area contributed by atoms with Crippen LogP contribution in [0.4, 0.5) is 24.5 Å². The molecule has 0 radical (unpaired) electrons. The SMILES string of the molecule is Cc1nc2cccc(C(Nc3cc(C#N)c4ncc(C#N)c(NCC(C)(C)C)c4c3)c3cn(C4(C(F)(F)F)CC4)nn3)c2s1. The number of anilines is 2. The van der Waals surface area contributed by atoms with Crippen LogP contribution in [-0.2, 0) is 5.54 Å². The second-order valence-electron chi connectivity index (χ2n) is 12.2. The first-order chi connectivity index (χ1) is 20.8. The maximum Gasteiger partial charge on any atom is 0.413 e. The predicted molar refractivity (Wildman–Crippen MR) is 162 cm³/mol. The van der Waals surface area contributed by atoms with Crippen LogP contribution in [0.3, 0.4) is 0 Å². The smallest absolute Gasteiger partial charge is 0.383 e. The zero-order valence-corrected chi connectivity index (χ0v) is 25.2. The van der Waals surface area contributed by atoms with Crippen molar-refractivity contribution in [1.29, 1.82) is 10.5 Å². The minimum atomic E-state index is -4.46. The lowest BCUT2D eigenvalue weighted by atomic mass is 9.96. The molecular weight excluding hydrogens is 587 g/mol. The van der Waals surface area contributed by atoms with Crippen LogP contribution in [0.5, 0.6) is 0 Å². The summed E-state index contributed by atoms with van der Waals surface area (Å²) in [6, 6.07) is 12.7. The van der Waals surface area contributed by atoms with Gasteiger partial charge in [0.1, 0.15) is 17.8 Å². The van der Waals surface area contributed by atoms with Crippen LogP contribution in [-0.4, -0.2) is 37.7 Å². The van der Waals surface area contributed by atoms with Gasteiger partial charge in [0.2, 0.25) is 0 Å². The van der Waals surface area contributed by atoms with E-state index in [2.05, 4.69) is 63.8 Å². The van der Waals surface area contributed by atoms with Gasteiger partial charge < -0.3 is 10.6 Å². The van der Waals surface area contributed by atoms with Crippen LogP contribution in [0.15, 0.2) is 42.7 Å². The number of aromatic nitrogens is 5. The highest BCUT2D eigenvalue weighted by atomic mass is 32.1. The van der Waals surface area contributed by atoms with Crippen molar-refractivity contribution in [2.75, 3.05) is 17.2 Å². The average Bonchev–Trinajstić information content (AvgIpc) is 3.49. The molecule has 0 saturated heterocycles. The molecule has 0 aliphatic heterocycles. The largest absolute Gasteiger partial charge is 0.413 e. The van der Waals surface area contributed by atoms with E-state index < -0.39 is 17.8 Å². The summed E-state index contributed by atoms with van der Waals surface area (Å²) < 4.78 is 43.7. The number of hydrogen-bond acceptors (Lipinski definition) is 9. The number of nitrogens with one attached hydrogen (secondary N) is 2. The Morgan fingerprint density at radius 3 is 2.52 bits per heavy atom. The van der Waals surface area contributed by atoms with E-state index in [0.29, 0.717) is 34.4 Å². The molecule has 13 heteroatoms. The van der Waals surface area contributed by atoms with Crippen molar-refractivity contribution in [2.45, 2.75) is 58.3 Å². The van der Waals surface area contributed by atoms with Crippen molar-refractivity contribution in [1.82, 2.24) is 25.0 Å². The molecule has 0 bridgehead atoms. The van der Waals surface area contributed by atoms with Gasteiger partial charge in [0.05, 0.1) is 49.8 Å². The van der Waals surface area contributed by atoms with Gasteiger partial charge in [-0.15, -0.1) is 16.4 Å². The fourth-order valence-electron chi connectivity index (χ4n) is 5.27. The number of aryl methyl sites for hydroxylation is 1. The third-order valence-corrected chi connectivity index (χ3v) is 8.71. The van der Waals surface area contributed by atoms with E-state index in [-0.39, 0.29) is 29.5 Å². The van der Waals surface area contributed by atoms with E-state index >= 15 is 0 Å². The summed E-state index contributed by atoms with van der Waals surface area (Å²) in [5.74, 6) is 0. The maximum atomic E-state index is 14.0. The summed E-state index contributed by atoms with van der Waals surface area (Å²) in [4.78, 5) is 9.01. The molecule has 3 aromatic heterocycles. The van der Waals surface area contributed by atoms with Crippen molar-refractivity contribution in [3.63, 3.8) is 0 Å². The normalized spacial score (nSPS) is 15.1. The van der Waals surface area contributed by atoms with Gasteiger partial charge in [-0.05, 0) is 48.9 Å². The second kappa shape index (κ2) is 10.5. The summed E-state index contributed by atoms with van der Waals surface area (Å²) in [5, 5.41) is 36.3. The highest BCUT2D eigenvalue weighted by Crippen LogP contribution is 2.55. The van der Waals surface area contributed by atoms with Crippen LogP contribution in [0.25, 0.3) is 21.1 Å². The van der Waals surface area contributed by atoms with Crippen LogP contribution in [0, 0.1) is 35.0 Å². The number of hydrogen-bond donors (Lipinski definition) is 2. The van der Waals surface area contributed by atoms with Gasteiger partial charge in [0, 0.05) is 23.8 Å². The highest BCUT2D eigenvalue weighted by Gasteiger charge is 2.66. The molecule has 1 unspecified atom stereocenters. The molecule has 1 fully saturated rings. The number of alkyl halides is 3. The first kappa shape index (κ1) is 29.3. The predicted octanol–water partition coefficient (Wildman–Crippen LogP) is 7.20. The molecule has 1 saturated carbocycles. The summed E-state index contributed by atoms with van der Waals surface area (Å²) in [6.45, 7) is 8.63. The topological polar surface area (TPSA) is 128 Å². The first-order valence-electron chi connectivity index (χ1n) is 14.0. The zero-order chi connectivity index (χ0) is 31.4. The number of halogens is 3. The van der Waals surface area contributed by atoms with Gasteiger partial charge in [-0.2, -0.15) is 23.7 Å². The Labute approximate surface area is 255 Å².